The summed E-state index contributed by atoms with van der Waals surface area (Å²) in [5.41, 5.74) is 16.2. The Bertz CT molecular complexity index is 958. The summed E-state index contributed by atoms with van der Waals surface area (Å²) in [6.45, 7) is 5.12. The average molecular weight is 644 g/mol. The molecule has 0 aliphatic carbocycles. The van der Waals surface area contributed by atoms with Gasteiger partial charge in [0.05, 0.1) is 6.04 Å². The molecule has 0 aromatic heterocycles. The lowest BCUT2D eigenvalue weighted by molar-refractivity contribution is -0.142. The molecule has 0 saturated carbocycles. The van der Waals surface area contributed by atoms with Gasteiger partial charge < -0.3 is 48.9 Å². The number of nitrogens with one attached hydrogen (secondary N) is 5. The first-order chi connectivity index (χ1) is 20.9. The van der Waals surface area contributed by atoms with E-state index in [9.17, 15) is 29.1 Å². The van der Waals surface area contributed by atoms with E-state index in [0.717, 1.165) is 13.0 Å². The highest BCUT2D eigenvalue weighted by Crippen LogP contribution is 2.11. The predicted molar refractivity (Wildman–Crippen MR) is 172 cm³/mol. The van der Waals surface area contributed by atoms with Crippen molar-refractivity contribution >= 4 is 47.3 Å². The van der Waals surface area contributed by atoms with Gasteiger partial charge in [-0.15, -0.1) is 0 Å². The van der Waals surface area contributed by atoms with Crippen LogP contribution in [-0.4, -0.2) is 103 Å². The van der Waals surface area contributed by atoms with Crippen LogP contribution in [0.5, 0.6) is 0 Å². The molecular formula is C28H53N9O6S. The van der Waals surface area contributed by atoms with Gasteiger partial charge in [0.25, 0.3) is 0 Å². The first-order valence-electron chi connectivity index (χ1n) is 15.3. The zero-order valence-corrected chi connectivity index (χ0v) is 27.0. The van der Waals surface area contributed by atoms with Crippen LogP contribution < -0.4 is 43.8 Å². The topological polar surface area (TPSA) is 256 Å². The number of nitrogens with zero attached hydrogens (tertiary/aromatic N) is 1. The summed E-state index contributed by atoms with van der Waals surface area (Å²) in [6.07, 6.45) is 5.85. The van der Waals surface area contributed by atoms with Gasteiger partial charge >= 0.3 is 5.97 Å². The Morgan fingerprint density at radius 1 is 0.886 bits per heavy atom. The van der Waals surface area contributed by atoms with E-state index < -0.39 is 47.9 Å². The molecule has 0 aromatic carbocycles. The summed E-state index contributed by atoms with van der Waals surface area (Å²) in [7, 11) is 0. The van der Waals surface area contributed by atoms with Crippen molar-refractivity contribution < 1.29 is 29.1 Å². The molecule has 15 nitrogen and oxygen atoms in total. The number of nitrogens with two attached hydrogens (primary N) is 3. The van der Waals surface area contributed by atoms with E-state index in [4.69, 9.17) is 17.2 Å². The average Bonchev–Trinajstić information content (AvgIpc) is 3.50. The molecule has 12 N–H and O–H groups in total. The summed E-state index contributed by atoms with van der Waals surface area (Å²) in [5, 5.41) is 23.6. The number of thioether (sulfide) groups is 1. The fourth-order valence-electron chi connectivity index (χ4n) is 4.73. The quantitative estimate of drug-likeness (QED) is 0.0382. The van der Waals surface area contributed by atoms with Gasteiger partial charge in [-0.3, -0.25) is 24.2 Å². The molecule has 4 amide bonds. The minimum absolute atomic E-state index is 0.0131. The van der Waals surface area contributed by atoms with Crippen molar-refractivity contribution in [2.45, 2.75) is 102 Å². The van der Waals surface area contributed by atoms with Crippen LogP contribution in [0.4, 0.5) is 0 Å². The van der Waals surface area contributed by atoms with Crippen molar-refractivity contribution in [3.63, 3.8) is 0 Å². The molecule has 1 heterocycles. The van der Waals surface area contributed by atoms with Gasteiger partial charge in [0.2, 0.25) is 23.6 Å². The Hall–Kier alpha value is -3.11. The molecule has 0 spiro atoms. The molecule has 0 bridgehead atoms. The van der Waals surface area contributed by atoms with E-state index in [1.165, 1.54) is 11.8 Å². The van der Waals surface area contributed by atoms with Crippen molar-refractivity contribution in [2.75, 3.05) is 31.6 Å². The van der Waals surface area contributed by atoms with Crippen LogP contribution >= 0.6 is 11.8 Å². The summed E-state index contributed by atoms with van der Waals surface area (Å²) < 4.78 is 0. The largest absolute Gasteiger partial charge is 0.480 e. The van der Waals surface area contributed by atoms with Gasteiger partial charge in [0, 0.05) is 6.54 Å². The first kappa shape index (κ1) is 38.9. The third kappa shape index (κ3) is 15.6. The fourth-order valence-corrected chi connectivity index (χ4v) is 5.20. The molecule has 44 heavy (non-hydrogen) atoms. The lowest BCUT2D eigenvalue weighted by Crippen LogP contribution is -2.58. The molecule has 5 atom stereocenters. The molecule has 0 radical (unpaired) electrons. The predicted octanol–water partition coefficient (Wildman–Crippen LogP) is -1.26. The molecule has 0 unspecified atom stereocenters. The number of hydrogen-bond acceptors (Lipinski definition) is 9. The van der Waals surface area contributed by atoms with E-state index in [1.54, 1.807) is 0 Å². The number of guanidine groups is 1. The van der Waals surface area contributed by atoms with E-state index in [2.05, 4.69) is 31.6 Å². The maximum atomic E-state index is 13.5. The van der Waals surface area contributed by atoms with Gasteiger partial charge in [-0.05, 0) is 88.8 Å². The highest BCUT2D eigenvalue weighted by Gasteiger charge is 2.32. The second kappa shape index (κ2) is 21.6. The van der Waals surface area contributed by atoms with Crippen LogP contribution in [0.15, 0.2) is 4.99 Å². The maximum Gasteiger partial charge on any atom is 0.326 e. The van der Waals surface area contributed by atoms with E-state index >= 15 is 0 Å². The fraction of sp³-hybridized carbons (Fsp3) is 0.786. The van der Waals surface area contributed by atoms with E-state index in [1.807, 2.05) is 20.1 Å². The first-order valence-corrected chi connectivity index (χ1v) is 16.7. The lowest BCUT2D eigenvalue weighted by atomic mass is 10.0. The Kier molecular flexibility index (Phi) is 19.1. The number of carbonyl (C=O) groups excluding carboxylic acids is 4. The second-order valence-corrected chi connectivity index (χ2v) is 12.4. The number of aliphatic carboxylic acids is 1. The smallest absolute Gasteiger partial charge is 0.326 e. The van der Waals surface area contributed by atoms with Gasteiger partial charge in [-0.1, -0.05) is 13.8 Å². The number of carboxylic acids is 1. The van der Waals surface area contributed by atoms with Crippen molar-refractivity contribution in [1.29, 1.82) is 0 Å². The van der Waals surface area contributed by atoms with Gasteiger partial charge in [0.15, 0.2) is 5.96 Å². The Balaban J connectivity index is 3.04. The van der Waals surface area contributed by atoms with Gasteiger partial charge in [-0.25, -0.2) is 4.79 Å². The van der Waals surface area contributed by atoms with Crippen molar-refractivity contribution in [2.24, 2.45) is 28.1 Å². The van der Waals surface area contributed by atoms with Crippen molar-refractivity contribution in [3.8, 4) is 0 Å². The molecule has 1 saturated heterocycles. The number of aliphatic imine (C=N–C) groups is 1. The second-order valence-electron chi connectivity index (χ2n) is 11.4. The Labute approximate surface area is 264 Å². The zero-order valence-electron chi connectivity index (χ0n) is 26.2. The molecule has 1 aliphatic heterocycles. The number of carboxylic acid groups (broad SMARTS) is 1. The summed E-state index contributed by atoms with van der Waals surface area (Å²) >= 11 is 1.54. The van der Waals surface area contributed by atoms with Crippen LogP contribution in [0.2, 0.25) is 0 Å². The minimum atomic E-state index is -1.23. The highest BCUT2D eigenvalue weighted by atomic mass is 32.2. The molecule has 0 aromatic rings. The SMILES string of the molecule is CSCC[C@H](NC(=O)[C@@H]1CCCN1)C(=O)N[C@@H](CC(C)C)C(=O)N[C@@H](CCCCN)C(=O)N[C@@H](CCCN=C(N)N)C(=O)O. The normalized spacial score (nSPS) is 17.2. The number of rotatable bonds is 22. The van der Waals surface area contributed by atoms with Crippen molar-refractivity contribution in [1.82, 2.24) is 26.6 Å². The van der Waals surface area contributed by atoms with Crippen LogP contribution in [-0.2, 0) is 24.0 Å². The zero-order chi connectivity index (χ0) is 33.1. The van der Waals surface area contributed by atoms with E-state index in [-0.39, 0.29) is 49.6 Å². The standard InChI is InChI=1S/C28H53N9O6S/c1-17(2)16-22(37-25(40)20(11-15-44-3)35-23(38)18-9-6-13-32-18)26(41)34-19(8-4-5-12-29)24(39)36-21(27(42)43)10-7-14-33-28(30)31/h17-22,32H,4-16,29H2,1-3H3,(H,34,41)(H,35,38)(H,36,39)(H,37,40)(H,42,43)(H4,30,31,33)/t18-,19-,20-,21-,22-/m0/s1. The van der Waals surface area contributed by atoms with Crippen LogP contribution in [0.1, 0.15) is 71.6 Å². The molecule has 16 heteroatoms. The highest BCUT2D eigenvalue weighted by molar-refractivity contribution is 7.98. The van der Waals surface area contributed by atoms with Crippen LogP contribution in [0.25, 0.3) is 0 Å². The molecule has 1 aliphatic rings. The number of amides is 4. The minimum Gasteiger partial charge on any atom is -0.480 e. The summed E-state index contributed by atoms with van der Waals surface area (Å²) in [5.74, 6) is -2.68. The summed E-state index contributed by atoms with van der Waals surface area (Å²) in [6, 6.07) is -4.45. The molecule has 1 fully saturated rings. The molecule has 1 rings (SSSR count). The monoisotopic (exact) mass is 643 g/mol. The number of hydrogen-bond donors (Lipinski definition) is 9. The van der Waals surface area contributed by atoms with Crippen molar-refractivity contribution in [3.05, 3.63) is 0 Å². The Morgan fingerprint density at radius 2 is 1.48 bits per heavy atom. The third-order valence-electron chi connectivity index (χ3n) is 7.10. The lowest BCUT2D eigenvalue weighted by Gasteiger charge is -2.27. The van der Waals surface area contributed by atoms with Gasteiger partial charge in [0.1, 0.15) is 24.2 Å². The van der Waals surface area contributed by atoms with E-state index in [0.29, 0.717) is 44.4 Å². The molecule has 252 valence electrons. The van der Waals surface area contributed by atoms with Crippen LogP contribution in [0.3, 0.4) is 0 Å². The third-order valence-corrected chi connectivity index (χ3v) is 7.74. The summed E-state index contributed by atoms with van der Waals surface area (Å²) in [4.78, 5) is 68.6. The number of unbranched alkanes of at least 4 members (excludes halogenated alkanes) is 1. The maximum absolute atomic E-state index is 13.5. The van der Waals surface area contributed by atoms with Crippen LogP contribution in [0, 0.1) is 5.92 Å². The number of carbonyl (C=O) groups is 5. The Morgan fingerprint density at radius 3 is 2.02 bits per heavy atom. The van der Waals surface area contributed by atoms with Gasteiger partial charge in [-0.2, -0.15) is 11.8 Å². The molecular weight excluding hydrogens is 590 g/mol.